The Hall–Kier alpha value is -0.280. The minimum absolute atomic E-state index is 0. The van der Waals surface area contributed by atoms with Gasteiger partial charge < -0.3 is 0 Å². The van der Waals surface area contributed by atoms with Crippen molar-refractivity contribution in [2.24, 2.45) is 0 Å². The molecule has 0 N–H and O–H groups in total. The van der Waals surface area contributed by atoms with Gasteiger partial charge >= 0.3 is 0 Å². The first kappa shape index (κ1) is 833. The first-order chi connectivity index (χ1) is 0. The summed E-state index contributed by atoms with van der Waals surface area (Å²) in [6.45, 7) is 0. The molecule has 0 heterocycles. The van der Waals surface area contributed by atoms with Crippen molar-refractivity contribution in [3.05, 3.63) is 0 Å². The highest BCUT2D eigenvalue weighted by Gasteiger charge is -0.0775. The molecule has 0 nitrogen and oxygen atoms in total. The van der Waals surface area contributed by atoms with Gasteiger partial charge in [0.1, 0.15) is 0 Å². The van der Waals surface area contributed by atoms with E-state index in [2.05, 4.69) is 0 Å². The van der Waals surface area contributed by atoms with Gasteiger partial charge in [-0.05, 0) is 0 Å². The van der Waals surface area contributed by atoms with Crippen LogP contribution >= 0.6 is 0 Å². The SMILES string of the molecule is C.F.F.F.F.[H]. The average Bonchev–Trinajstić information content (AvgIpc) is 0. The lowest BCUT2D eigenvalue weighted by molar-refractivity contribution is 1.11. The third-order valence-electron chi connectivity index (χ3n) is 0. The Morgan fingerprint density at radius 1 is 0.600 bits per heavy atom. The minimum atomic E-state index is 0. The molecule has 0 aliphatic rings. The Balaban J connectivity index is 0. The minimum Gasteiger partial charge on any atom is -0.269 e. The molecule has 0 spiro atoms. The fraction of sp³-hybridized carbons (Fsp3) is 1.00. The molecule has 0 fully saturated rings. The van der Waals surface area contributed by atoms with Crippen LogP contribution in [0.1, 0.15) is 8.85 Å². The van der Waals surface area contributed by atoms with E-state index in [0.717, 1.165) is 0 Å². The molecule has 0 saturated heterocycles. The Labute approximate surface area is 29.1 Å². The first-order valence-electron chi connectivity index (χ1n) is 0. The summed E-state index contributed by atoms with van der Waals surface area (Å²) >= 11 is 0. The van der Waals surface area contributed by atoms with E-state index >= 15 is 0 Å². The predicted octanol–water partition coefficient (Wildman–Crippen LogP) is 1.36. The van der Waals surface area contributed by atoms with Gasteiger partial charge in [-0.15, -0.1) is 0 Å². The van der Waals surface area contributed by atoms with E-state index in [1.54, 1.807) is 0 Å². The quantitative estimate of drug-likeness (QED) is 0.400. The van der Waals surface area contributed by atoms with Crippen LogP contribution in [0, 0.1) is 0 Å². The molecule has 1 radical (unpaired) electrons. The summed E-state index contributed by atoms with van der Waals surface area (Å²) in [6.07, 6.45) is 0. The number of rotatable bonds is 0. The first-order valence-corrected chi connectivity index (χ1v) is 0. The number of halogens is 4. The Morgan fingerprint density at radius 3 is 0.600 bits per heavy atom. The van der Waals surface area contributed by atoms with Crippen molar-refractivity contribution >= 4 is 0 Å². The lowest BCUT2D eigenvalue weighted by atomic mass is 12.0. The summed E-state index contributed by atoms with van der Waals surface area (Å²) < 4.78 is 0. The van der Waals surface area contributed by atoms with Gasteiger partial charge in [-0.2, -0.15) is 0 Å². The molecule has 0 aliphatic carbocycles. The zero-order chi connectivity index (χ0) is 0. The molecule has 0 amide bonds. The summed E-state index contributed by atoms with van der Waals surface area (Å²) in [6, 6.07) is 0. The Kier molecular flexibility index (Phi) is 58500. The van der Waals surface area contributed by atoms with E-state index in [9.17, 15) is 0 Å². The maximum absolute atomic E-state index is 0. The van der Waals surface area contributed by atoms with Gasteiger partial charge in [0.2, 0.25) is 0 Å². The highest BCUT2D eigenvalue weighted by Crippen LogP contribution is 0.423. The smallest absolute Gasteiger partial charge is 0 e. The van der Waals surface area contributed by atoms with Crippen LogP contribution in [0.3, 0.4) is 0 Å². The number of hydrogen-bond donors (Lipinski definition) is 0. The van der Waals surface area contributed by atoms with Crippen molar-refractivity contribution in [3.8, 4) is 0 Å². The van der Waals surface area contributed by atoms with Gasteiger partial charge in [0, 0.05) is 1.43 Å². The lowest BCUT2D eigenvalue weighted by Crippen LogP contribution is 0.144. The summed E-state index contributed by atoms with van der Waals surface area (Å²) in [5.41, 5.74) is 0. The molecular formula is CH9F4. The van der Waals surface area contributed by atoms with E-state index < -0.39 is 0 Å². The topological polar surface area (TPSA) is 0 Å². The van der Waals surface area contributed by atoms with E-state index in [4.69, 9.17) is 0 Å². The van der Waals surface area contributed by atoms with Gasteiger partial charge in [0.15, 0.2) is 0 Å². The zero-order valence-electron chi connectivity index (χ0n) is 2.63. The van der Waals surface area contributed by atoms with E-state index in [-0.39, 0.29) is 27.7 Å². The molecule has 0 aromatic heterocycles. The number of hydrogen-bond acceptors (Lipinski definition) is 0. The molecule has 0 bridgehead atoms. The van der Waals surface area contributed by atoms with Gasteiger partial charge in [0.25, 0.3) is 0 Å². The fourth-order valence-corrected chi connectivity index (χ4v) is 0. The van der Waals surface area contributed by atoms with Crippen molar-refractivity contribution in [1.82, 2.24) is 0 Å². The van der Waals surface area contributed by atoms with Gasteiger partial charge in [-0.1, -0.05) is 7.43 Å². The molecule has 0 saturated carbocycles. The summed E-state index contributed by atoms with van der Waals surface area (Å²) in [5.74, 6) is 0. The molecule has 0 atom stereocenters. The van der Waals surface area contributed by atoms with Crippen molar-refractivity contribution in [2.75, 3.05) is 0 Å². The Morgan fingerprint density at radius 2 is 0.600 bits per heavy atom. The summed E-state index contributed by atoms with van der Waals surface area (Å²) in [5, 5.41) is 0. The van der Waals surface area contributed by atoms with Crippen molar-refractivity contribution in [3.63, 3.8) is 0 Å². The largest absolute Gasteiger partial charge is 0.269 e. The third-order valence-corrected chi connectivity index (χ3v) is 0. The van der Waals surface area contributed by atoms with Crippen LogP contribution < -0.4 is 0 Å². The van der Waals surface area contributed by atoms with Crippen LogP contribution in [-0.4, -0.2) is 0 Å². The van der Waals surface area contributed by atoms with Crippen LogP contribution in [-0.2, 0) is 0 Å². The molecule has 5 heavy (non-hydrogen) atoms. The maximum Gasteiger partial charge on any atom is 0 e. The third kappa shape index (κ3) is 140. The predicted molar refractivity (Wildman–Crippen MR) is 17.9 cm³/mol. The molecule has 0 aromatic carbocycles. The second kappa shape index (κ2) is 351. The van der Waals surface area contributed by atoms with Crippen LogP contribution in [0.15, 0.2) is 0 Å². The Bertz CT molecular complexity index is 7.51. The molecule has 0 aliphatic heterocycles. The van der Waals surface area contributed by atoms with Gasteiger partial charge in [-0.3, -0.25) is 18.8 Å². The van der Waals surface area contributed by atoms with Crippen molar-refractivity contribution < 1.29 is 20.2 Å². The van der Waals surface area contributed by atoms with Crippen LogP contribution in [0.2, 0.25) is 0 Å². The normalized spacial score (nSPS) is 0. The van der Waals surface area contributed by atoms with E-state index in [0.29, 0.717) is 0 Å². The molecule has 41 valence electrons. The van der Waals surface area contributed by atoms with Gasteiger partial charge in [-0.25, -0.2) is 0 Å². The van der Waals surface area contributed by atoms with E-state index in [1.807, 2.05) is 0 Å². The molecule has 0 aromatic rings. The lowest BCUT2D eigenvalue weighted by Gasteiger charge is -0.270. The average molecular weight is 97.1 g/mol. The standard InChI is InChI=1S/CH4.4FH.H/h1H4;4*1H;. The van der Waals surface area contributed by atoms with E-state index in [1.165, 1.54) is 0 Å². The highest BCUT2D eigenvalue weighted by atomic mass is 19.0. The van der Waals surface area contributed by atoms with Crippen LogP contribution in [0.25, 0.3) is 0 Å². The van der Waals surface area contributed by atoms with Crippen LogP contribution in [0.5, 0.6) is 0 Å². The second-order valence-electron chi connectivity index (χ2n) is 0. The van der Waals surface area contributed by atoms with Crippen LogP contribution in [0.4, 0.5) is 18.8 Å². The second-order valence-corrected chi connectivity index (χ2v) is 0. The fourth-order valence-electron chi connectivity index (χ4n) is 0. The van der Waals surface area contributed by atoms with Crippen molar-refractivity contribution in [1.29, 1.82) is 0 Å². The zero-order valence-corrected chi connectivity index (χ0v) is 1.63. The summed E-state index contributed by atoms with van der Waals surface area (Å²) in [7, 11) is 0. The molecular weight excluding hydrogens is 88.0 g/mol. The monoisotopic (exact) mass is 97.1 g/mol. The van der Waals surface area contributed by atoms with Gasteiger partial charge in [0.05, 0.1) is 0 Å². The molecule has 4 heteroatoms. The molecule has 0 unspecified atom stereocenters. The molecule has 0 rings (SSSR count). The summed E-state index contributed by atoms with van der Waals surface area (Å²) in [4.78, 5) is 0. The van der Waals surface area contributed by atoms with Crippen molar-refractivity contribution in [2.45, 2.75) is 7.43 Å². The highest BCUT2D eigenvalue weighted by molar-refractivity contribution is 2.50. The maximum atomic E-state index is 0.